The molecule has 0 atom stereocenters. The second-order valence-corrected chi connectivity index (χ2v) is 8.92. The van der Waals surface area contributed by atoms with Gasteiger partial charge in [0, 0.05) is 12.8 Å². The molecule has 0 spiro atoms. The topological polar surface area (TPSA) is 63.2 Å². The van der Waals surface area contributed by atoms with E-state index < -0.39 is 9.84 Å². The molecule has 1 amide bonds. The van der Waals surface area contributed by atoms with E-state index >= 15 is 0 Å². The highest BCUT2D eigenvalue weighted by Crippen LogP contribution is 2.39. The van der Waals surface area contributed by atoms with Crippen molar-refractivity contribution in [3.8, 4) is 0 Å². The van der Waals surface area contributed by atoms with Gasteiger partial charge >= 0.3 is 0 Å². The predicted molar refractivity (Wildman–Crippen MR) is 87.0 cm³/mol. The Kier molecular flexibility index (Phi) is 4.06. The number of thiophene rings is 1. The number of nitrogens with one attached hydrogen (secondary N) is 1. The average Bonchev–Trinajstić information content (AvgIpc) is 3.20. The van der Waals surface area contributed by atoms with Crippen LogP contribution >= 0.6 is 11.3 Å². The van der Waals surface area contributed by atoms with Gasteiger partial charge in [0.05, 0.1) is 4.88 Å². The summed E-state index contributed by atoms with van der Waals surface area (Å²) in [5, 5.41) is 2.82. The SMILES string of the molecule is CS(=O)(=O)c1ccc(C(=O)NCc2ccc(C3CC3)cc2)s1. The molecule has 3 rings (SSSR count). The average molecular weight is 335 g/mol. The van der Waals surface area contributed by atoms with Crippen molar-refractivity contribution in [2.24, 2.45) is 0 Å². The molecule has 1 fully saturated rings. The van der Waals surface area contributed by atoms with E-state index in [0.717, 1.165) is 29.1 Å². The summed E-state index contributed by atoms with van der Waals surface area (Å²) in [5.41, 5.74) is 2.41. The minimum absolute atomic E-state index is 0.214. The minimum Gasteiger partial charge on any atom is -0.347 e. The Morgan fingerprint density at radius 2 is 1.86 bits per heavy atom. The molecule has 1 aromatic carbocycles. The summed E-state index contributed by atoms with van der Waals surface area (Å²) < 4.78 is 23.1. The first-order chi connectivity index (χ1) is 10.4. The molecule has 0 unspecified atom stereocenters. The number of carbonyl (C=O) groups excluding carboxylic acids is 1. The predicted octanol–water partition coefficient (Wildman–Crippen LogP) is 2.96. The summed E-state index contributed by atoms with van der Waals surface area (Å²) in [6.45, 7) is 0.440. The second-order valence-electron chi connectivity index (χ2n) is 5.59. The maximum Gasteiger partial charge on any atom is 0.261 e. The zero-order valence-electron chi connectivity index (χ0n) is 12.2. The van der Waals surface area contributed by atoms with Crippen molar-refractivity contribution in [3.63, 3.8) is 0 Å². The van der Waals surface area contributed by atoms with Crippen LogP contribution < -0.4 is 5.32 Å². The van der Waals surface area contributed by atoms with Crippen LogP contribution in [-0.2, 0) is 16.4 Å². The molecular formula is C16H17NO3S2. The lowest BCUT2D eigenvalue weighted by Gasteiger charge is -2.05. The molecular weight excluding hydrogens is 318 g/mol. The minimum atomic E-state index is -3.25. The first kappa shape index (κ1) is 15.2. The Balaban J connectivity index is 1.60. The molecule has 6 heteroatoms. The lowest BCUT2D eigenvalue weighted by Crippen LogP contribution is -2.21. The first-order valence-corrected chi connectivity index (χ1v) is 9.81. The van der Waals surface area contributed by atoms with Crippen molar-refractivity contribution in [2.45, 2.75) is 29.5 Å². The van der Waals surface area contributed by atoms with Gasteiger partial charge in [-0.2, -0.15) is 0 Å². The van der Waals surface area contributed by atoms with Gasteiger partial charge in [-0.25, -0.2) is 8.42 Å². The molecule has 0 aliphatic heterocycles. The molecule has 1 aromatic heterocycles. The quantitative estimate of drug-likeness (QED) is 0.914. The number of carbonyl (C=O) groups is 1. The van der Waals surface area contributed by atoms with Crippen LogP contribution in [0.3, 0.4) is 0 Å². The summed E-state index contributed by atoms with van der Waals surface area (Å²) >= 11 is 0.998. The van der Waals surface area contributed by atoms with E-state index in [-0.39, 0.29) is 10.1 Å². The lowest BCUT2D eigenvalue weighted by molar-refractivity contribution is 0.0955. The van der Waals surface area contributed by atoms with Gasteiger partial charge in [-0.15, -0.1) is 11.3 Å². The van der Waals surface area contributed by atoms with Crippen LogP contribution in [0.1, 0.15) is 39.6 Å². The molecule has 1 saturated carbocycles. The van der Waals surface area contributed by atoms with Crippen LogP contribution in [0.5, 0.6) is 0 Å². The van der Waals surface area contributed by atoms with Crippen LogP contribution in [0.15, 0.2) is 40.6 Å². The van der Waals surface area contributed by atoms with Gasteiger partial charge in [0.1, 0.15) is 4.21 Å². The number of sulfone groups is 1. The summed E-state index contributed by atoms with van der Waals surface area (Å²) in [6, 6.07) is 11.3. The van der Waals surface area contributed by atoms with E-state index in [1.54, 1.807) is 6.07 Å². The standard InChI is InChI=1S/C16H17NO3S2/c1-22(19,20)15-9-8-14(21-15)16(18)17-10-11-2-4-12(5-3-11)13-6-7-13/h2-5,8-9,13H,6-7,10H2,1H3,(H,17,18). The first-order valence-electron chi connectivity index (χ1n) is 7.10. The Labute approximate surface area is 134 Å². The molecule has 0 radical (unpaired) electrons. The van der Waals surface area contributed by atoms with Gasteiger partial charge in [0.25, 0.3) is 5.91 Å². The third-order valence-corrected chi connectivity index (χ3v) is 6.56. The van der Waals surface area contributed by atoms with Crippen molar-refractivity contribution >= 4 is 27.1 Å². The molecule has 1 heterocycles. The highest BCUT2D eigenvalue weighted by molar-refractivity contribution is 7.92. The number of hydrogen-bond acceptors (Lipinski definition) is 4. The lowest BCUT2D eigenvalue weighted by atomic mass is 10.1. The zero-order chi connectivity index (χ0) is 15.7. The molecule has 22 heavy (non-hydrogen) atoms. The summed E-state index contributed by atoms with van der Waals surface area (Å²) in [7, 11) is -3.25. The van der Waals surface area contributed by atoms with Crippen LogP contribution in [0.4, 0.5) is 0 Å². The number of hydrogen-bond donors (Lipinski definition) is 1. The molecule has 1 aliphatic rings. The second kappa shape index (κ2) is 5.85. The maximum absolute atomic E-state index is 12.0. The Morgan fingerprint density at radius 1 is 1.18 bits per heavy atom. The largest absolute Gasteiger partial charge is 0.347 e. The molecule has 0 saturated heterocycles. The van der Waals surface area contributed by atoms with Crippen molar-refractivity contribution in [3.05, 3.63) is 52.4 Å². The van der Waals surface area contributed by atoms with Gasteiger partial charge in [-0.3, -0.25) is 4.79 Å². The van der Waals surface area contributed by atoms with E-state index in [1.165, 1.54) is 24.5 Å². The van der Waals surface area contributed by atoms with Crippen molar-refractivity contribution in [1.29, 1.82) is 0 Å². The third-order valence-electron chi connectivity index (χ3n) is 3.65. The fraction of sp³-hybridized carbons (Fsp3) is 0.312. The van der Waals surface area contributed by atoms with E-state index in [1.807, 2.05) is 12.1 Å². The smallest absolute Gasteiger partial charge is 0.261 e. The van der Waals surface area contributed by atoms with Gasteiger partial charge in [0.2, 0.25) is 0 Å². The summed E-state index contributed by atoms with van der Waals surface area (Å²) in [5.74, 6) is 0.482. The maximum atomic E-state index is 12.0. The van der Waals surface area contributed by atoms with E-state index in [4.69, 9.17) is 0 Å². The van der Waals surface area contributed by atoms with Crippen LogP contribution in [0.25, 0.3) is 0 Å². The Hall–Kier alpha value is -1.66. The molecule has 1 aliphatic carbocycles. The zero-order valence-corrected chi connectivity index (χ0v) is 13.8. The number of rotatable bonds is 5. The van der Waals surface area contributed by atoms with E-state index in [2.05, 4.69) is 17.4 Å². The molecule has 4 nitrogen and oxygen atoms in total. The Bertz CT molecular complexity index is 787. The highest BCUT2D eigenvalue weighted by atomic mass is 32.2. The van der Waals surface area contributed by atoms with Crippen LogP contribution in [0.2, 0.25) is 0 Å². The normalized spacial score (nSPS) is 14.8. The van der Waals surface area contributed by atoms with E-state index in [0.29, 0.717) is 11.4 Å². The third kappa shape index (κ3) is 3.56. The van der Waals surface area contributed by atoms with Crippen molar-refractivity contribution in [2.75, 3.05) is 6.26 Å². The molecule has 2 aromatic rings. The summed E-state index contributed by atoms with van der Waals surface area (Å²) in [6.07, 6.45) is 3.69. The fourth-order valence-corrected chi connectivity index (χ4v) is 4.08. The fourth-order valence-electron chi connectivity index (χ4n) is 2.24. The number of amides is 1. The van der Waals surface area contributed by atoms with Gasteiger partial charge < -0.3 is 5.32 Å². The van der Waals surface area contributed by atoms with Crippen molar-refractivity contribution in [1.82, 2.24) is 5.32 Å². The van der Waals surface area contributed by atoms with Crippen LogP contribution in [-0.4, -0.2) is 20.6 Å². The van der Waals surface area contributed by atoms with Crippen LogP contribution in [0, 0.1) is 0 Å². The van der Waals surface area contributed by atoms with Crippen molar-refractivity contribution < 1.29 is 13.2 Å². The molecule has 0 bridgehead atoms. The number of benzene rings is 1. The van der Waals surface area contributed by atoms with Gasteiger partial charge in [-0.1, -0.05) is 24.3 Å². The molecule has 1 N–H and O–H groups in total. The van der Waals surface area contributed by atoms with E-state index in [9.17, 15) is 13.2 Å². The summed E-state index contributed by atoms with van der Waals surface area (Å²) in [4.78, 5) is 12.5. The monoisotopic (exact) mass is 335 g/mol. The van der Waals surface area contributed by atoms with Gasteiger partial charge in [0.15, 0.2) is 9.84 Å². The van der Waals surface area contributed by atoms with Gasteiger partial charge in [-0.05, 0) is 42.0 Å². The molecule has 116 valence electrons. The Morgan fingerprint density at radius 3 is 2.41 bits per heavy atom. The highest BCUT2D eigenvalue weighted by Gasteiger charge is 2.22.